The normalized spacial score (nSPS) is 18.1. The van der Waals surface area contributed by atoms with Gasteiger partial charge in [-0.1, -0.05) is 13.8 Å². The van der Waals surface area contributed by atoms with Crippen LogP contribution >= 0.6 is 11.3 Å². The van der Waals surface area contributed by atoms with Crippen LogP contribution in [0.1, 0.15) is 38.1 Å². The molecule has 1 aliphatic heterocycles. The van der Waals surface area contributed by atoms with Crippen molar-refractivity contribution in [2.75, 3.05) is 24.5 Å². The first kappa shape index (κ1) is 20.8. The molecule has 2 aromatic rings. The Morgan fingerprint density at radius 1 is 1.39 bits per heavy atom. The molecule has 3 rings (SSSR count). The Hall–Kier alpha value is -1.90. The lowest BCUT2D eigenvalue weighted by Crippen LogP contribution is -2.45. The zero-order valence-electron chi connectivity index (χ0n) is 16.3. The Morgan fingerprint density at radius 2 is 2.14 bits per heavy atom. The first-order chi connectivity index (χ1) is 13.1. The number of aromatic nitrogens is 2. The Bertz CT molecular complexity index is 850. The topological polar surface area (TPSA) is 58.1 Å². The van der Waals surface area contributed by atoms with Crippen molar-refractivity contribution >= 4 is 33.3 Å². The molecule has 9 heteroatoms. The van der Waals surface area contributed by atoms with Gasteiger partial charge < -0.3 is 10.2 Å². The van der Waals surface area contributed by atoms with Gasteiger partial charge in [0, 0.05) is 13.1 Å². The molecule has 3 heterocycles. The third-order valence-electron chi connectivity index (χ3n) is 4.79. The summed E-state index contributed by atoms with van der Waals surface area (Å²) in [4.78, 5) is 24.4. The van der Waals surface area contributed by atoms with Crippen LogP contribution in [0.4, 0.5) is 19.0 Å². The molecule has 1 unspecified atom stereocenters. The number of hydrogen-bond acceptors (Lipinski definition) is 5. The molecule has 1 fully saturated rings. The fourth-order valence-corrected chi connectivity index (χ4v) is 4.61. The monoisotopic (exact) mass is 414 g/mol. The van der Waals surface area contributed by atoms with E-state index in [-0.39, 0.29) is 0 Å². The van der Waals surface area contributed by atoms with Gasteiger partial charge in [0.15, 0.2) is 0 Å². The van der Waals surface area contributed by atoms with Crippen molar-refractivity contribution in [3.63, 3.8) is 0 Å². The van der Waals surface area contributed by atoms with Gasteiger partial charge in [0.2, 0.25) is 5.91 Å². The molecule has 1 N–H and O–H groups in total. The number of aryl methyl sites for hydroxylation is 1. The van der Waals surface area contributed by atoms with E-state index >= 15 is 0 Å². The lowest BCUT2D eigenvalue weighted by molar-refractivity contribution is -0.140. The Balaban J connectivity index is 1.85. The van der Waals surface area contributed by atoms with E-state index in [9.17, 15) is 18.0 Å². The van der Waals surface area contributed by atoms with Gasteiger partial charge in [0.25, 0.3) is 0 Å². The van der Waals surface area contributed by atoms with Crippen LogP contribution in [-0.2, 0) is 11.2 Å². The molecule has 154 valence electrons. The minimum atomic E-state index is -4.40. The van der Waals surface area contributed by atoms with Crippen LogP contribution in [0, 0.1) is 18.8 Å². The maximum Gasteiger partial charge on any atom is 0.405 e. The third-order valence-corrected chi connectivity index (χ3v) is 5.71. The van der Waals surface area contributed by atoms with Gasteiger partial charge in [-0.05, 0) is 43.0 Å². The second-order valence-corrected chi connectivity index (χ2v) is 8.61. The van der Waals surface area contributed by atoms with Crippen LogP contribution in [0.25, 0.3) is 10.2 Å². The summed E-state index contributed by atoms with van der Waals surface area (Å²) in [6, 6.07) is 0. The molecule has 5 nitrogen and oxygen atoms in total. The second-order valence-electron chi connectivity index (χ2n) is 7.75. The first-order valence-corrected chi connectivity index (χ1v) is 10.4. The molecule has 0 aromatic carbocycles. The number of fused-ring (bicyclic) bond motifs is 1. The zero-order chi connectivity index (χ0) is 20.5. The summed E-state index contributed by atoms with van der Waals surface area (Å²) in [5.74, 6) is 0.913. The molecule has 2 aromatic heterocycles. The highest BCUT2D eigenvalue weighted by molar-refractivity contribution is 7.17. The van der Waals surface area contributed by atoms with Gasteiger partial charge >= 0.3 is 6.18 Å². The van der Waals surface area contributed by atoms with Gasteiger partial charge in [-0.3, -0.25) is 4.79 Å². The van der Waals surface area contributed by atoms with Crippen molar-refractivity contribution < 1.29 is 18.0 Å². The molecule has 28 heavy (non-hydrogen) atoms. The highest BCUT2D eigenvalue weighted by Gasteiger charge is 2.32. The van der Waals surface area contributed by atoms with E-state index in [0.717, 1.165) is 35.4 Å². The third kappa shape index (κ3) is 4.92. The number of halogens is 3. The van der Waals surface area contributed by atoms with E-state index in [4.69, 9.17) is 0 Å². The number of alkyl halides is 3. The number of amides is 1. The minimum Gasteiger partial charge on any atom is -0.355 e. The summed E-state index contributed by atoms with van der Waals surface area (Å²) in [6.45, 7) is 5.95. The Labute approximate surface area is 166 Å². The van der Waals surface area contributed by atoms with Crippen LogP contribution in [0.3, 0.4) is 0 Å². The maximum absolute atomic E-state index is 12.4. The fourth-order valence-electron chi connectivity index (χ4n) is 3.62. The lowest BCUT2D eigenvalue weighted by Gasteiger charge is -2.33. The molecule has 0 saturated carbocycles. The quantitative estimate of drug-likeness (QED) is 0.801. The number of hydrogen-bond donors (Lipinski definition) is 1. The average molecular weight is 414 g/mol. The van der Waals surface area contributed by atoms with Gasteiger partial charge in [-0.15, -0.1) is 11.3 Å². The molecule has 1 amide bonds. The number of carbonyl (C=O) groups excluding carboxylic acids is 1. The van der Waals surface area contributed by atoms with Crippen LogP contribution in [0.2, 0.25) is 0 Å². The summed E-state index contributed by atoms with van der Waals surface area (Å²) < 4.78 is 37.2. The van der Waals surface area contributed by atoms with E-state index < -0.39 is 24.5 Å². The van der Waals surface area contributed by atoms with Gasteiger partial charge in [-0.2, -0.15) is 13.2 Å². The van der Waals surface area contributed by atoms with E-state index in [0.29, 0.717) is 24.7 Å². The highest BCUT2D eigenvalue weighted by atomic mass is 32.1. The average Bonchev–Trinajstić information content (AvgIpc) is 3.00. The van der Waals surface area contributed by atoms with Gasteiger partial charge in [-0.25, -0.2) is 9.97 Å². The predicted octanol–water partition coefficient (Wildman–Crippen LogP) is 4.09. The van der Waals surface area contributed by atoms with Crippen LogP contribution in [-0.4, -0.2) is 41.7 Å². The van der Waals surface area contributed by atoms with Crippen molar-refractivity contribution in [1.82, 2.24) is 15.3 Å². The van der Waals surface area contributed by atoms with Crippen molar-refractivity contribution in [2.45, 2.75) is 46.2 Å². The summed E-state index contributed by atoms with van der Waals surface area (Å²) >= 11 is 1.58. The molecular weight excluding hydrogens is 389 g/mol. The number of thiophene rings is 1. The molecule has 1 atom stereocenters. The molecule has 1 aliphatic rings. The van der Waals surface area contributed by atoms with Crippen LogP contribution in [0.5, 0.6) is 0 Å². The van der Waals surface area contributed by atoms with Crippen molar-refractivity contribution in [2.24, 2.45) is 11.8 Å². The zero-order valence-corrected chi connectivity index (χ0v) is 17.1. The molecule has 0 spiro atoms. The molecule has 0 radical (unpaired) electrons. The highest BCUT2D eigenvalue weighted by Crippen LogP contribution is 2.35. The first-order valence-electron chi connectivity index (χ1n) is 9.48. The number of rotatable bonds is 5. The maximum atomic E-state index is 12.4. The van der Waals surface area contributed by atoms with E-state index in [1.54, 1.807) is 11.3 Å². The number of nitrogens with one attached hydrogen (secondary N) is 1. The SMILES string of the molecule is Cc1nc(N2CCCC(C(=O)NCC(F)(F)F)C2)c2c(CC(C)C)csc2n1. The number of anilines is 1. The molecule has 1 saturated heterocycles. The van der Waals surface area contributed by atoms with Crippen molar-refractivity contribution in [1.29, 1.82) is 0 Å². The Kier molecular flexibility index (Phi) is 6.12. The fraction of sp³-hybridized carbons (Fsp3) is 0.632. The number of piperidine rings is 1. The second kappa shape index (κ2) is 8.23. The lowest BCUT2D eigenvalue weighted by atomic mass is 9.96. The predicted molar refractivity (Wildman–Crippen MR) is 105 cm³/mol. The van der Waals surface area contributed by atoms with E-state index in [1.807, 2.05) is 17.1 Å². The summed E-state index contributed by atoms with van der Waals surface area (Å²) in [5.41, 5.74) is 1.19. The van der Waals surface area contributed by atoms with E-state index in [2.05, 4.69) is 29.2 Å². The van der Waals surface area contributed by atoms with Gasteiger partial charge in [0.1, 0.15) is 23.0 Å². The molecule has 0 aliphatic carbocycles. The largest absolute Gasteiger partial charge is 0.405 e. The summed E-state index contributed by atoms with van der Waals surface area (Å²) in [6.07, 6.45) is -2.18. The van der Waals surface area contributed by atoms with Crippen molar-refractivity contribution in [3.05, 3.63) is 16.8 Å². The van der Waals surface area contributed by atoms with Crippen LogP contribution < -0.4 is 10.2 Å². The number of nitrogens with zero attached hydrogens (tertiary/aromatic N) is 3. The summed E-state index contributed by atoms with van der Waals surface area (Å²) in [5, 5.41) is 5.15. The molecule has 0 bridgehead atoms. The van der Waals surface area contributed by atoms with Gasteiger partial charge in [0.05, 0.1) is 11.3 Å². The smallest absolute Gasteiger partial charge is 0.355 e. The number of carbonyl (C=O) groups is 1. The Morgan fingerprint density at radius 3 is 2.82 bits per heavy atom. The summed E-state index contributed by atoms with van der Waals surface area (Å²) in [7, 11) is 0. The van der Waals surface area contributed by atoms with Crippen molar-refractivity contribution in [3.8, 4) is 0 Å². The van der Waals surface area contributed by atoms with E-state index in [1.165, 1.54) is 5.56 Å². The standard InChI is InChI=1S/C19H25F3N4OS/c1-11(2)7-14-9-28-18-15(14)16(24-12(3)25-18)26-6-4-5-13(8-26)17(27)23-10-19(20,21)22/h9,11,13H,4-8,10H2,1-3H3,(H,23,27). The molecular formula is C19H25F3N4OS. The van der Waals surface area contributed by atoms with Crippen LogP contribution in [0.15, 0.2) is 5.38 Å². The minimum absolute atomic E-state index is 0.367.